The maximum absolute atomic E-state index is 10.6. The number of piperidine rings is 2. The summed E-state index contributed by atoms with van der Waals surface area (Å²) >= 11 is 0. The van der Waals surface area contributed by atoms with E-state index in [1.807, 2.05) is 18.5 Å². The molecular weight excluding hydrogens is 314 g/mol. The van der Waals surface area contributed by atoms with Crippen LogP contribution in [0.5, 0.6) is 0 Å². The van der Waals surface area contributed by atoms with E-state index in [4.69, 9.17) is 0 Å². The van der Waals surface area contributed by atoms with Gasteiger partial charge in [-0.25, -0.2) is 9.67 Å². The number of rotatable bonds is 6. The van der Waals surface area contributed by atoms with E-state index >= 15 is 0 Å². The highest BCUT2D eigenvalue weighted by atomic mass is 16.3. The minimum Gasteiger partial charge on any atom is -0.390 e. The van der Waals surface area contributed by atoms with Gasteiger partial charge in [0.2, 0.25) is 0 Å². The standard InChI is InChI=1S/C19H35N5O/c1-15-7-10-22(11-8-15)13-19(25)14-23-9-5-4-6-18(23)12-24-17(3)20-16(2)21-24/h15,18-19,25H,4-14H2,1-3H3/t18-,19+/m0/s1. The third-order valence-corrected chi connectivity index (χ3v) is 5.89. The first-order valence-corrected chi connectivity index (χ1v) is 10.0. The molecule has 1 N–H and O–H groups in total. The Morgan fingerprint density at radius 2 is 1.84 bits per heavy atom. The second-order valence-corrected chi connectivity index (χ2v) is 8.17. The van der Waals surface area contributed by atoms with Gasteiger partial charge < -0.3 is 10.0 Å². The van der Waals surface area contributed by atoms with Crippen LogP contribution in [-0.4, -0.2) is 74.5 Å². The maximum atomic E-state index is 10.6. The molecule has 0 radical (unpaired) electrons. The largest absolute Gasteiger partial charge is 0.390 e. The predicted octanol–water partition coefficient (Wildman–Crippen LogP) is 1.84. The fraction of sp³-hybridized carbons (Fsp3) is 0.895. The van der Waals surface area contributed by atoms with Crippen molar-refractivity contribution in [2.24, 2.45) is 5.92 Å². The van der Waals surface area contributed by atoms with Crippen molar-refractivity contribution in [2.75, 3.05) is 32.7 Å². The van der Waals surface area contributed by atoms with Gasteiger partial charge in [0.05, 0.1) is 12.6 Å². The molecule has 2 saturated heterocycles. The Morgan fingerprint density at radius 3 is 2.52 bits per heavy atom. The van der Waals surface area contributed by atoms with Crippen molar-refractivity contribution >= 4 is 0 Å². The Labute approximate surface area is 152 Å². The number of aliphatic hydroxyl groups excluding tert-OH is 1. The number of hydrogen-bond donors (Lipinski definition) is 1. The normalized spacial score (nSPS) is 25.4. The van der Waals surface area contributed by atoms with Crippen LogP contribution in [0.2, 0.25) is 0 Å². The quantitative estimate of drug-likeness (QED) is 0.849. The van der Waals surface area contributed by atoms with Crippen LogP contribution in [-0.2, 0) is 6.54 Å². The number of aryl methyl sites for hydroxylation is 2. The van der Waals surface area contributed by atoms with Gasteiger partial charge in [0.15, 0.2) is 0 Å². The van der Waals surface area contributed by atoms with Gasteiger partial charge >= 0.3 is 0 Å². The molecule has 3 rings (SSSR count). The highest BCUT2D eigenvalue weighted by Crippen LogP contribution is 2.20. The van der Waals surface area contributed by atoms with Crippen molar-refractivity contribution in [2.45, 2.75) is 71.6 Å². The van der Waals surface area contributed by atoms with Crippen molar-refractivity contribution in [1.82, 2.24) is 24.6 Å². The molecule has 3 heterocycles. The van der Waals surface area contributed by atoms with Gasteiger partial charge in [0, 0.05) is 19.1 Å². The van der Waals surface area contributed by atoms with Crippen LogP contribution >= 0.6 is 0 Å². The molecule has 0 aromatic carbocycles. The van der Waals surface area contributed by atoms with Gasteiger partial charge in [-0.05, 0) is 65.1 Å². The summed E-state index contributed by atoms with van der Waals surface area (Å²) in [7, 11) is 0. The molecule has 6 heteroatoms. The zero-order chi connectivity index (χ0) is 17.8. The third kappa shape index (κ3) is 5.25. The average molecular weight is 350 g/mol. The van der Waals surface area contributed by atoms with Crippen molar-refractivity contribution in [3.8, 4) is 0 Å². The number of likely N-dealkylation sites (tertiary alicyclic amines) is 2. The van der Waals surface area contributed by atoms with Crippen LogP contribution in [0.4, 0.5) is 0 Å². The lowest BCUT2D eigenvalue weighted by atomic mass is 9.98. The van der Waals surface area contributed by atoms with Crippen molar-refractivity contribution in [1.29, 1.82) is 0 Å². The second-order valence-electron chi connectivity index (χ2n) is 8.17. The number of hydrogen-bond acceptors (Lipinski definition) is 5. The lowest BCUT2D eigenvalue weighted by Crippen LogP contribution is -2.49. The Balaban J connectivity index is 1.52. The van der Waals surface area contributed by atoms with Crippen LogP contribution in [0, 0.1) is 19.8 Å². The molecule has 2 aliphatic rings. The summed E-state index contributed by atoms with van der Waals surface area (Å²) in [6.45, 7) is 12.2. The molecule has 2 atom stereocenters. The zero-order valence-electron chi connectivity index (χ0n) is 16.2. The maximum Gasteiger partial charge on any atom is 0.147 e. The van der Waals surface area contributed by atoms with E-state index in [2.05, 4.69) is 26.8 Å². The first kappa shape index (κ1) is 18.8. The highest BCUT2D eigenvalue weighted by molar-refractivity contribution is 4.90. The van der Waals surface area contributed by atoms with E-state index in [1.54, 1.807) is 0 Å². The summed E-state index contributed by atoms with van der Waals surface area (Å²) < 4.78 is 2.04. The molecule has 0 spiro atoms. The Bertz CT molecular complexity index is 538. The van der Waals surface area contributed by atoms with Gasteiger partial charge in [-0.3, -0.25) is 4.90 Å². The van der Waals surface area contributed by atoms with E-state index in [0.29, 0.717) is 6.04 Å². The fourth-order valence-corrected chi connectivity index (χ4v) is 4.31. The van der Waals surface area contributed by atoms with Crippen LogP contribution < -0.4 is 0 Å². The van der Waals surface area contributed by atoms with Crippen LogP contribution in [0.15, 0.2) is 0 Å². The number of β-amino-alcohol motifs (C(OH)–C–C–N with tert-alkyl or cyclic N) is 1. The molecule has 142 valence electrons. The van der Waals surface area contributed by atoms with Crippen LogP contribution in [0.3, 0.4) is 0 Å². The van der Waals surface area contributed by atoms with E-state index in [1.165, 1.54) is 32.1 Å². The van der Waals surface area contributed by atoms with E-state index in [-0.39, 0.29) is 6.10 Å². The molecule has 0 amide bonds. The Kier molecular flexibility index (Phi) is 6.47. The monoisotopic (exact) mass is 349 g/mol. The molecule has 0 aliphatic carbocycles. The van der Waals surface area contributed by atoms with Gasteiger partial charge in [-0.1, -0.05) is 13.3 Å². The first-order chi connectivity index (χ1) is 12.0. The lowest BCUT2D eigenvalue weighted by Gasteiger charge is -2.38. The van der Waals surface area contributed by atoms with Gasteiger partial charge in [0.25, 0.3) is 0 Å². The van der Waals surface area contributed by atoms with E-state index < -0.39 is 0 Å². The summed E-state index contributed by atoms with van der Waals surface area (Å²) in [6, 6.07) is 0.463. The lowest BCUT2D eigenvalue weighted by molar-refractivity contribution is 0.0321. The molecule has 0 bridgehead atoms. The number of nitrogens with zero attached hydrogens (tertiary/aromatic N) is 5. The van der Waals surface area contributed by atoms with E-state index in [9.17, 15) is 5.11 Å². The Hall–Kier alpha value is -0.980. The van der Waals surface area contributed by atoms with Gasteiger partial charge in [0.1, 0.15) is 11.6 Å². The van der Waals surface area contributed by atoms with Crippen molar-refractivity contribution in [3.05, 3.63) is 11.6 Å². The first-order valence-electron chi connectivity index (χ1n) is 10.0. The smallest absolute Gasteiger partial charge is 0.147 e. The van der Waals surface area contributed by atoms with Crippen LogP contribution in [0.1, 0.15) is 50.7 Å². The number of aliphatic hydroxyl groups is 1. The molecule has 2 aliphatic heterocycles. The molecule has 0 saturated carbocycles. The van der Waals surface area contributed by atoms with Crippen LogP contribution in [0.25, 0.3) is 0 Å². The summed E-state index contributed by atoms with van der Waals surface area (Å²) in [5.74, 6) is 2.68. The molecular formula is C19H35N5O. The number of aromatic nitrogens is 3. The molecule has 25 heavy (non-hydrogen) atoms. The summed E-state index contributed by atoms with van der Waals surface area (Å²) in [5.41, 5.74) is 0. The zero-order valence-corrected chi connectivity index (χ0v) is 16.2. The SMILES string of the molecule is Cc1nc(C)n(C[C@@H]2CCCCN2C[C@H](O)CN2CCC(C)CC2)n1. The van der Waals surface area contributed by atoms with Crippen molar-refractivity contribution < 1.29 is 5.11 Å². The predicted molar refractivity (Wildman–Crippen MR) is 99.6 cm³/mol. The summed E-state index contributed by atoms with van der Waals surface area (Å²) in [4.78, 5) is 9.35. The molecule has 2 fully saturated rings. The fourth-order valence-electron chi connectivity index (χ4n) is 4.31. The summed E-state index contributed by atoms with van der Waals surface area (Å²) in [5, 5.41) is 15.2. The van der Waals surface area contributed by atoms with Crippen molar-refractivity contribution in [3.63, 3.8) is 0 Å². The molecule has 1 aromatic heterocycles. The third-order valence-electron chi connectivity index (χ3n) is 5.89. The average Bonchev–Trinajstić information content (AvgIpc) is 2.89. The minimum atomic E-state index is -0.257. The topological polar surface area (TPSA) is 57.4 Å². The molecule has 1 aromatic rings. The van der Waals surface area contributed by atoms with Gasteiger partial charge in [-0.15, -0.1) is 0 Å². The molecule has 6 nitrogen and oxygen atoms in total. The minimum absolute atomic E-state index is 0.257. The van der Waals surface area contributed by atoms with E-state index in [0.717, 1.165) is 56.8 Å². The highest BCUT2D eigenvalue weighted by Gasteiger charge is 2.27. The Morgan fingerprint density at radius 1 is 1.08 bits per heavy atom. The summed E-state index contributed by atoms with van der Waals surface area (Å²) in [6.07, 6.45) is 5.97. The molecule has 0 unspecified atom stereocenters. The van der Waals surface area contributed by atoms with Gasteiger partial charge in [-0.2, -0.15) is 5.10 Å². The second kappa shape index (κ2) is 8.60.